The summed E-state index contributed by atoms with van der Waals surface area (Å²) in [5.41, 5.74) is 9.12. The lowest BCUT2D eigenvalue weighted by Crippen LogP contribution is -2.26. The molecule has 0 aliphatic carbocycles. The van der Waals surface area contributed by atoms with Gasteiger partial charge in [0.05, 0.1) is 16.8 Å². The van der Waals surface area contributed by atoms with Crippen LogP contribution in [-0.2, 0) is 6.42 Å². The fraction of sp³-hybridized carbons (Fsp3) is 0.375. The van der Waals surface area contributed by atoms with Crippen LogP contribution in [0.5, 0.6) is 0 Å². The van der Waals surface area contributed by atoms with Crippen LogP contribution in [0.4, 0.5) is 5.82 Å². The highest BCUT2D eigenvalue weighted by atomic mass is 35.5. The van der Waals surface area contributed by atoms with Gasteiger partial charge in [0.2, 0.25) is 0 Å². The molecule has 21 heavy (non-hydrogen) atoms. The lowest BCUT2D eigenvalue weighted by atomic mass is 9.98. The van der Waals surface area contributed by atoms with Gasteiger partial charge < -0.3 is 11.1 Å². The van der Waals surface area contributed by atoms with Gasteiger partial charge in [-0.15, -0.1) is 0 Å². The van der Waals surface area contributed by atoms with Crippen molar-refractivity contribution in [2.45, 2.75) is 32.7 Å². The first-order valence-corrected chi connectivity index (χ1v) is 7.63. The van der Waals surface area contributed by atoms with E-state index in [4.69, 9.17) is 17.3 Å². The number of aryl methyl sites for hydroxylation is 1. The fourth-order valence-electron chi connectivity index (χ4n) is 2.35. The number of pyridine rings is 2. The summed E-state index contributed by atoms with van der Waals surface area (Å²) < 4.78 is 0. The Bertz CT molecular complexity index is 601. The number of hydrogen-bond acceptors (Lipinski definition) is 4. The molecule has 2 aromatic rings. The summed E-state index contributed by atoms with van der Waals surface area (Å²) in [7, 11) is 0. The lowest BCUT2D eigenvalue weighted by molar-refractivity contribution is 0.582. The van der Waals surface area contributed by atoms with Gasteiger partial charge in [-0.25, -0.2) is 4.98 Å². The molecular formula is C16H21ClN4. The number of nitrogens with one attached hydrogen (secondary N) is 1. The normalized spacial score (nSPS) is 12.3. The van der Waals surface area contributed by atoms with Gasteiger partial charge in [0.15, 0.2) is 0 Å². The zero-order chi connectivity index (χ0) is 15.2. The van der Waals surface area contributed by atoms with Gasteiger partial charge in [-0.05, 0) is 37.1 Å². The highest BCUT2D eigenvalue weighted by Crippen LogP contribution is 2.28. The molecule has 5 heteroatoms. The van der Waals surface area contributed by atoms with Gasteiger partial charge in [0, 0.05) is 18.0 Å². The third kappa shape index (κ3) is 3.71. The Labute approximate surface area is 130 Å². The van der Waals surface area contributed by atoms with Crippen molar-refractivity contribution in [3.63, 3.8) is 0 Å². The van der Waals surface area contributed by atoms with Gasteiger partial charge in [-0.1, -0.05) is 31.5 Å². The number of anilines is 1. The maximum absolute atomic E-state index is 6.09. The fourth-order valence-corrected chi connectivity index (χ4v) is 2.52. The van der Waals surface area contributed by atoms with E-state index in [9.17, 15) is 0 Å². The molecule has 1 atom stereocenters. The van der Waals surface area contributed by atoms with Gasteiger partial charge in [-0.2, -0.15) is 0 Å². The quantitative estimate of drug-likeness (QED) is 0.859. The van der Waals surface area contributed by atoms with Crippen molar-refractivity contribution in [2.24, 2.45) is 0 Å². The first-order valence-electron chi connectivity index (χ1n) is 7.25. The molecule has 0 saturated heterocycles. The Morgan fingerprint density at radius 1 is 1.33 bits per heavy atom. The predicted molar refractivity (Wildman–Crippen MR) is 87.4 cm³/mol. The molecule has 0 fully saturated rings. The average molecular weight is 305 g/mol. The van der Waals surface area contributed by atoms with Crippen molar-refractivity contribution in [1.82, 2.24) is 15.3 Å². The Hall–Kier alpha value is -1.65. The molecule has 0 saturated carbocycles. The molecule has 0 bridgehead atoms. The Kier molecular flexibility index (Phi) is 5.53. The van der Waals surface area contributed by atoms with Crippen molar-refractivity contribution >= 4 is 17.4 Å². The summed E-state index contributed by atoms with van der Waals surface area (Å²) in [6, 6.07) is 5.83. The van der Waals surface area contributed by atoms with E-state index in [1.807, 2.05) is 18.3 Å². The first kappa shape index (κ1) is 15.7. The average Bonchev–Trinajstić information content (AvgIpc) is 2.51. The molecule has 0 spiro atoms. The van der Waals surface area contributed by atoms with Crippen molar-refractivity contribution < 1.29 is 0 Å². The number of halogens is 1. The van der Waals surface area contributed by atoms with E-state index in [2.05, 4.69) is 35.2 Å². The second-order valence-corrected chi connectivity index (χ2v) is 5.35. The van der Waals surface area contributed by atoms with Crippen LogP contribution in [0, 0.1) is 0 Å². The minimum atomic E-state index is -0.0905. The SMILES string of the molecule is CCCNC(c1cc(Cl)cnc1N)c1ncccc1CC. The zero-order valence-electron chi connectivity index (χ0n) is 12.4. The highest BCUT2D eigenvalue weighted by Gasteiger charge is 2.20. The van der Waals surface area contributed by atoms with E-state index < -0.39 is 0 Å². The largest absolute Gasteiger partial charge is 0.383 e. The molecule has 3 N–H and O–H groups in total. The van der Waals surface area contributed by atoms with Crippen LogP contribution >= 0.6 is 11.6 Å². The van der Waals surface area contributed by atoms with Gasteiger partial charge in [-0.3, -0.25) is 4.98 Å². The highest BCUT2D eigenvalue weighted by molar-refractivity contribution is 6.30. The number of rotatable bonds is 6. The number of nitrogens with two attached hydrogens (primary N) is 1. The minimum absolute atomic E-state index is 0.0905. The van der Waals surface area contributed by atoms with E-state index in [0.29, 0.717) is 10.8 Å². The van der Waals surface area contributed by atoms with Crippen molar-refractivity contribution in [3.05, 3.63) is 52.4 Å². The molecular weight excluding hydrogens is 284 g/mol. The van der Waals surface area contributed by atoms with Crippen LogP contribution in [-0.4, -0.2) is 16.5 Å². The van der Waals surface area contributed by atoms with E-state index in [0.717, 1.165) is 30.6 Å². The summed E-state index contributed by atoms with van der Waals surface area (Å²) in [6.45, 7) is 5.12. The summed E-state index contributed by atoms with van der Waals surface area (Å²) in [5, 5.41) is 4.08. The van der Waals surface area contributed by atoms with Gasteiger partial charge in [0.1, 0.15) is 5.82 Å². The van der Waals surface area contributed by atoms with Crippen LogP contribution in [0.15, 0.2) is 30.6 Å². The second-order valence-electron chi connectivity index (χ2n) is 4.92. The smallest absolute Gasteiger partial charge is 0.128 e. The minimum Gasteiger partial charge on any atom is -0.383 e. The third-order valence-corrected chi connectivity index (χ3v) is 3.61. The van der Waals surface area contributed by atoms with Crippen molar-refractivity contribution in [3.8, 4) is 0 Å². The standard InChI is InChI=1S/C16H21ClN4/c1-3-7-19-15(13-9-12(17)10-21-16(13)18)14-11(4-2)6-5-8-20-14/h5-6,8-10,15,19H,3-4,7H2,1-2H3,(H2,18,21). The first-order chi connectivity index (χ1) is 10.2. The maximum Gasteiger partial charge on any atom is 0.128 e. The van der Waals surface area contributed by atoms with Crippen LogP contribution in [0.1, 0.15) is 43.1 Å². The topological polar surface area (TPSA) is 63.8 Å². The molecule has 0 aromatic carbocycles. The third-order valence-electron chi connectivity index (χ3n) is 3.41. The summed E-state index contributed by atoms with van der Waals surface area (Å²) in [4.78, 5) is 8.73. The zero-order valence-corrected chi connectivity index (χ0v) is 13.2. The van der Waals surface area contributed by atoms with Crippen LogP contribution in [0.25, 0.3) is 0 Å². The second kappa shape index (κ2) is 7.38. The molecule has 2 aromatic heterocycles. The van der Waals surface area contributed by atoms with Crippen molar-refractivity contribution in [2.75, 3.05) is 12.3 Å². The van der Waals surface area contributed by atoms with Gasteiger partial charge >= 0.3 is 0 Å². The van der Waals surface area contributed by atoms with Crippen LogP contribution in [0.3, 0.4) is 0 Å². The van der Waals surface area contributed by atoms with Crippen molar-refractivity contribution in [1.29, 1.82) is 0 Å². The number of nitrogen functional groups attached to an aromatic ring is 1. The molecule has 2 heterocycles. The van der Waals surface area contributed by atoms with E-state index in [1.165, 1.54) is 5.56 Å². The summed E-state index contributed by atoms with van der Waals surface area (Å²) >= 11 is 6.09. The molecule has 0 aliphatic rings. The van der Waals surface area contributed by atoms with E-state index in [-0.39, 0.29) is 6.04 Å². The summed E-state index contributed by atoms with van der Waals surface area (Å²) in [6.07, 6.45) is 5.32. The molecule has 0 radical (unpaired) electrons. The van der Waals surface area contributed by atoms with Crippen LogP contribution < -0.4 is 11.1 Å². The predicted octanol–water partition coefficient (Wildman–Crippen LogP) is 3.36. The molecule has 1 unspecified atom stereocenters. The molecule has 0 amide bonds. The number of hydrogen-bond donors (Lipinski definition) is 2. The molecule has 112 valence electrons. The molecule has 4 nitrogen and oxygen atoms in total. The van der Waals surface area contributed by atoms with Crippen LogP contribution in [0.2, 0.25) is 5.02 Å². The monoisotopic (exact) mass is 304 g/mol. The van der Waals surface area contributed by atoms with E-state index in [1.54, 1.807) is 6.20 Å². The summed E-state index contributed by atoms with van der Waals surface area (Å²) in [5.74, 6) is 0.487. The Balaban J connectivity index is 2.49. The Morgan fingerprint density at radius 2 is 2.14 bits per heavy atom. The van der Waals surface area contributed by atoms with Gasteiger partial charge in [0.25, 0.3) is 0 Å². The Morgan fingerprint density at radius 3 is 2.86 bits per heavy atom. The number of nitrogens with zero attached hydrogens (tertiary/aromatic N) is 2. The lowest BCUT2D eigenvalue weighted by Gasteiger charge is -2.22. The molecule has 2 rings (SSSR count). The molecule has 0 aliphatic heterocycles. The van der Waals surface area contributed by atoms with E-state index >= 15 is 0 Å². The number of aromatic nitrogens is 2. The maximum atomic E-state index is 6.09.